The van der Waals surface area contributed by atoms with Crippen molar-refractivity contribution < 1.29 is 26.3 Å². The Bertz CT molecular complexity index is 2600. The first-order valence-electron chi connectivity index (χ1n) is 24.5. The van der Waals surface area contributed by atoms with Crippen LogP contribution in [0.1, 0.15) is 162 Å². The monoisotopic (exact) mass is 940 g/mol. The number of anilines is 2. The minimum Gasteiger partial charge on any atom is -0.347 e. The maximum atomic E-state index is 14.7. The number of fused-ring (bicyclic) bond motifs is 8. The summed E-state index contributed by atoms with van der Waals surface area (Å²) >= 11 is 0. The highest BCUT2D eigenvalue weighted by Gasteiger charge is 2.51. The summed E-state index contributed by atoms with van der Waals surface area (Å²) in [6, 6.07) is 4.67. The second kappa shape index (κ2) is 17.1. The molecule has 0 spiro atoms. The molecular weight excluding hydrogens is 883 g/mol. The lowest BCUT2D eigenvalue weighted by Gasteiger charge is -2.54. The van der Waals surface area contributed by atoms with E-state index in [1.807, 2.05) is 35.9 Å². The minimum absolute atomic E-state index is 0.0479. The van der Waals surface area contributed by atoms with Gasteiger partial charge in [0.25, 0.3) is 0 Å². The van der Waals surface area contributed by atoms with Crippen LogP contribution in [0.3, 0.4) is 0 Å². The smallest absolute Gasteiger partial charge is 0.242 e. The third kappa shape index (κ3) is 7.86. The number of aromatic nitrogens is 10. The predicted molar refractivity (Wildman–Crippen MR) is 242 cm³/mol. The van der Waals surface area contributed by atoms with E-state index in [0.717, 1.165) is 126 Å². The van der Waals surface area contributed by atoms with Gasteiger partial charge in [0.2, 0.25) is 11.9 Å². The van der Waals surface area contributed by atoms with Crippen LogP contribution in [0.25, 0.3) is 0 Å². The van der Waals surface area contributed by atoms with Gasteiger partial charge in [-0.05, 0) is 129 Å². The molecule has 6 saturated carbocycles. The third-order valence-corrected chi connectivity index (χ3v) is 16.8. The molecule has 18 heteroatoms. The average molecular weight is 941 g/mol. The Morgan fingerprint density at radius 1 is 0.500 bits per heavy atom. The molecule has 0 radical (unpaired) electrons. The van der Waals surface area contributed by atoms with Gasteiger partial charge in [-0.25, -0.2) is 45.7 Å². The van der Waals surface area contributed by atoms with Crippen LogP contribution >= 0.6 is 0 Å². The quantitative estimate of drug-likeness (QED) is 0.114. The van der Waals surface area contributed by atoms with Crippen molar-refractivity contribution >= 4 is 11.9 Å². The molecule has 0 unspecified atom stereocenters. The second-order valence-corrected chi connectivity index (χ2v) is 20.8. The van der Waals surface area contributed by atoms with Gasteiger partial charge in [0.1, 0.15) is 11.6 Å². The van der Waals surface area contributed by atoms with E-state index in [-0.39, 0.29) is 33.3 Å². The minimum atomic E-state index is -1.42. The normalized spacial score (nSPS) is 28.5. The number of halogens is 6. The van der Waals surface area contributed by atoms with E-state index in [1.54, 1.807) is 0 Å². The number of hydrogen-bond donors (Lipinski definition) is 2. The molecule has 4 bridgehead atoms. The number of imidazole rings is 2. The molecule has 8 aliphatic rings. The van der Waals surface area contributed by atoms with Gasteiger partial charge in [0.15, 0.2) is 34.9 Å². The summed E-state index contributed by atoms with van der Waals surface area (Å²) in [5, 5.41) is 16.7. The third-order valence-electron chi connectivity index (χ3n) is 16.8. The van der Waals surface area contributed by atoms with Crippen molar-refractivity contribution in [1.82, 2.24) is 48.6 Å². The number of rotatable bonds is 8. The van der Waals surface area contributed by atoms with Gasteiger partial charge in [-0.3, -0.25) is 0 Å². The summed E-state index contributed by atoms with van der Waals surface area (Å²) in [6.45, 7) is 5.42. The van der Waals surface area contributed by atoms with Crippen LogP contribution in [0, 0.1) is 48.8 Å². The van der Waals surface area contributed by atoms with Crippen molar-refractivity contribution in [3.8, 4) is 0 Å². The highest BCUT2D eigenvalue weighted by Crippen LogP contribution is 2.53. The number of benzene rings is 2. The highest BCUT2D eigenvalue weighted by atomic mass is 19.2. The molecule has 12 nitrogen and oxygen atoms in total. The number of nitrogens with zero attached hydrogens (tertiary/aromatic N) is 10. The largest absolute Gasteiger partial charge is 0.347 e. The van der Waals surface area contributed by atoms with Crippen LogP contribution in [-0.4, -0.2) is 59.7 Å². The molecule has 2 aliphatic heterocycles. The Kier molecular flexibility index (Phi) is 11.2. The van der Waals surface area contributed by atoms with E-state index in [4.69, 9.17) is 20.2 Å². The van der Waals surface area contributed by atoms with Gasteiger partial charge in [0.05, 0.1) is 24.0 Å². The average Bonchev–Trinajstić information content (AvgIpc) is 4.13. The Balaban J connectivity index is 0.000000149. The summed E-state index contributed by atoms with van der Waals surface area (Å²) in [7, 11) is 0. The first-order chi connectivity index (χ1) is 32.8. The SMILES string of the molecule is Cc1cn(C23CCC(Nc4nc5n(n4)CCCC[C@@H]5c4ccc(F)c(F)c4F)(CC2)CC3)cn1.Cc1cn(C23CCC(Nc4nc5n(n4)CCCC[C@H]5c4ccc(F)c(F)c4F)(CC2)CC3)cn1. The maximum Gasteiger partial charge on any atom is 0.242 e. The zero-order valence-electron chi connectivity index (χ0n) is 38.7. The van der Waals surface area contributed by atoms with E-state index in [9.17, 15) is 26.3 Å². The molecule has 4 aromatic heterocycles. The van der Waals surface area contributed by atoms with Gasteiger partial charge in [-0.1, -0.05) is 25.0 Å². The Morgan fingerprint density at radius 2 is 0.882 bits per heavy atom. The van der Waals surface area contributed by atoms with Gasteiger partial charge in [-0.15, -0.1) is 10.2 Å². The van der Waals surface area contributed by atoms with Crippen molar-refractivity contribution in [3.63, 3.8) is 0 Å². The molecule has 0 amide bonds. The summed E-state index contributed by atoms with van der Waals surface area (Å²) in [6.07, 6.45) is 25.5. The molecule has 6 aromatic rings. The van der Waals surface area contributed by atoms with E-state index >= 15 is 0 Å². The Labute approximate surface area is 391 Å². The molecule has 6 fully saturated rings. The van der Waals surface area contributed by atoms with E-state index in [1.165, 1.54) is 12.1 Å². The van der Waals surface area contributed by atoms with E-state index in [2.05, 4.69) is 42.1 Å². The molecular formula is C50H58F6N12. The zero-order valence-corrected chi connectivity index (χ0v) is 38.7. The predicted octanol–water partition coefficient (Wildman–Crippen LogP) is 10.9. The van der Waals surface area contributed by atoms with Crippen LogP contribution in [0.4, 0.5) is 38.2 Å². The van der Waals surface area contributed by atoms with Crippen molar-refractivity contribution in [2.75, 3.05) is 10.6 Å². The van der Waals surface area contributed by atoms with Crippen LogP contribution in [0.15, 0.2) is 49.3 Å². The van der Waals surface area contributed by atoms with E-state index < -0.39 is 46.7 Å². The fraction of sp³-hybridized carbons (Fsp3) is 0.560. The Hall–Kier alpha value is -5.68. The van der Waals surface area contributed by atoms with Gasteiger partial charge >= 0.3 is 0 Å². The maximum absolute atomic E-state index is 14.7. The van der Waals surface area contributed by atoms with Gasteiger partial charge < -0.3 is 19.8 Å². The summed E-state index contributed by atoms with van der Waals surface area (Å²) in [5.74, 6) is -6.00. The molecule has 6 heterocycles. The van der Waals surface area contributed by atoms with E-state index in [0.29, 0.717) is 49.5 Å². The topological polar surface area (TPSA) is 121 Å². The molecule has 2 N–H and O–H groups in total. The highest BCUT2D eigenvalue weighted by molar-refractivity contribution is 5.38. The molecule has 14 rings (SSSR count). The van der Waals surface area contributed by atoms with Gasteiger partial charge in [0, 0.05) is 70.6 Å². The molecule has 0 saturated heterocycles. The summed E-state index contributed by atoms with van der Waals surface area (Å²) in [4.78, 5) is 18.4. The van der Waals surface area contributed by atoms with Crippen molar-refractivity contribution in [2.24, 2.45) is 0 Å². The molecule has 2 aromatic carbocycles. The van der Waals surface area contributed by atoms with Crippen molar-refractivity contribution in [1.29, 1.82) is 0 Å². The van der Waals surface area contributed by atoms with Crippen LogP contribution in [0.5, 0.6) is 0 Å². The van der Waals surface area contributed by atoms with Crippen molar-refractivity contribution in [2.45, 2.75) is 177 Å². The van der Waals surface area contributed by atoms with Crippen LogP contribution < -0.4 is 10.6 Å². The van der Waals surface area contributed by atoms with Crippen molar-refractivity contribution in [3.05, 3.63) is 118 Å². The number of aryl methyl sites for hydroxylation is 4. The standard InChI is InChI=1S/2C25H29F3N6/c2*1-16-14-33(15-29-16)25-10-7-24(8-11-25,9-12-25)31-23-30-22-18(4-2-3-13-34(22)32-23)17-5-6-19(26)21(28)20(17)27/h2*5-6,14-15,18H,2-4,7-13H2,1H3,(H,31,32)/t2*18-,24?,25?/m10/s1. The molecule has 6 aliphatic carbocycles. The second-order valence-electron chi connectivity index (χ2n) is 20.8. The summed E-state index contributed by atoms with van der Waals surface area (Å²) in [5.41, 5.74) is 2.60. The number of nitrogens with one attached hydrogen (secondary N) is 2. The van der Waals surface area contributed by atoms with Gasteiger partial charge in [-0.2, -0.15) is 9.97 Å². The zero-order chi connectivity index (χ0) is 47.0. The summed E-state index contributed by atoms with van der Waals surface area (Å²) < 4.78 is 92.6. The molecule has 360 valence electrons. The Morgan fingerprint density at radius 3 is 1.24 bits per heavy atom. The van der Waals surface area contributed by atoms with Crippen LogP contribution in [-0.2, 0) is 24.2 Å². The fourth-order valence-corrected chi connectivity index (χ4v) is 12.7. The lowest BCUT2D eigenvalue weighted by Crippen LogP contribution is -2.54. The molecule has 68 heavy (non-hydrogen) atoms. The van der Waals surface area contributed by atoms with Crippen LogP contribution in [0.2, 0.25) is 0 Å². The first-order valence-corrected chi connectivity index (χ1v) is 24.5. The fourth-order valence-electron chi connectivity index (χ4n) is 12.7. The number of hydrogen-bond acceptors (Lipinski definition) is 8. The lowest BCUT2D eigenvalue weighted by atomic mass is 9.61. The molecule has 2 atom stereocenters. The lowest BCUT2D eigenvalue weighted by molar-refractivity contribution is 0.0638. The first kappa shape index (κ1) is 44.8.